The number of rotatable bonds is 4. The molecule has 0 radical (unpaired) electrons. The van der Waals surface area contributed by atoms with Gasteiger partial charge in [0, 0.05) is 28.5 Å². The van der Waals surface area contributed by atoms with Crippen molar-refractivity contribution in [1.29, 1.82) is 0 Å². The number of carbonyl (C=O) groups excluding carboxylic acids is 1. The minimum absolute atomic E-state index is 0.0778. The van der Waals surface area contributed by atoms with Crippen molar-refractivity contribution in [3.8, 4) is 11.3 Å². The number of aromatic nitrogens is 3. The van der Waals surface area contributed by atoms with Crippen LogP contribution in [0.1, 0.15) is 11.4 Å². The molecule has 1 amide bonds. The quantitative estimate of drug-likeness (QED) is 0.795. The maximum atomic E-state index is 12.0. The zero-order valence-electron chi connectivity index (χ0n) is 12.3. The number of carbonyl (C=O) groups is 1. The van der Waals surface area contributed by atoms with E-state index in [0.717, 1.165) is 11.3 Å². The highest BCUT2D eigenvalue weighted by atomic mass is 35.5. The van der Waals surface area contributed by atoms with E-state index in [-0.39, 0.29) is 18.3 Å². The summed E-state index contributed by atoms with van der Waals surface area (Å²) < 4.78 is 5.26. The summed E-state index contributed by atoms with van der Waals surface area (Å²) in [6.07, 6.45) is 1.67. The standard InChI is InChI=1S/C16H13ClN4O2/c1-10-6-7-18-16(19-10)20-15(22)9-13-8-14(23-21-13)11-2-4-12(17)5-3-11/h2-8H,9H2,1H3,(H,18,19,20,22). The van der Waals surface area contributed by atoms with Crippen molar-refractivity contribution in [3.63, 3.8) is 0 Å². The van der Waals surface area contributed by atoms with Crippen LogP contribution >= 0.6 is 11.6 Å². The van der Waals surface area contributed by atoms with Gasteiger partial charge >= 0.3 is 0 Å². The number of benzene rings is 1. The monoisotopic (exact) mass is 328 g/mol. The topological polar surface area (TPSA) is 80.9 Å². The van der Waals surface area contributed by atoms with Crippen LogP contribution in [-0.2, 0) is 11.2 Å². The van der Waals surface area contributed by atoms with E-state index < -0.39 is 0 Å². The summed E-state index contributed by atoms with van der Waals surface area (Å²) in [5.41, 5.74) is 2.15. The van der Waals surface area contributed by atoms with Crippen molar-refractivity contribution in [2.75, 3.05) is 5.32 Å². The van der Waals surface area contributed by atoms with Crippen LogP contribution in [0.15, 0.2) is 47.1 Å². The Morgan fingerprint density at radius 2 is 2.04 bits per heavy atom. The summed E-state index contributed by atoms with van der Waals surface area (Å²) >= 11 is 5.85. The minimum atomic E-state index is -0.258. The van der Waals surface area contributed by atoms with E-state index in [1.165, 1.54) is 0 Å². The van der Waals surface area contributed by atoms with E-state index in [9.17, 15) is 4.79 Å². The smallest absolute Gasteiger partial charge is 0.232 e. The van der Waals surface area contributed by atoms with Gasteiger partial charge in [0.2, 0.25) is 11.9 Å². The van der Waals surface area contributed by atoms with Crippen molar-refractivity contribution in [2.45, 2.75) is 13.3 Å². The van der Waals surface area contributed by atoms with Gasteiger partial charge < -0.3 is 4.52 Å². The Bertz CT molecular complexity index is 830. The van der Waals surface area contributed by atoms with Crippen molar-refractivity contribution >= 4 is 23.5 Å². The lowest BCUT2D eigenvalue weighted by molar-refractivity contribution is -0.115. The third kappa shape index (κ3) is 3.92. The Balaban J connectivity index is 1.66. The molecule has 6 nitrogen and oxygen atoms in total. The SMILES string of the molecule is Cc1ccnc(NC(=O)Cc2cc(-c3ccc(Cl)cc3)on2)n1. The van der Waals surface area contributed by atoms with Gasteiger partial charge in [-0.25, -0.2) is 9.97 Å². The average Bonchev–Trinajstić information content (AvgIpc) is 2.96. The molecule has 2 aromatic heterocycles. The number of anilines is 1. The first-order chi connectivity index (χ1) is 11.1. The highest BCUT2D eigenvalue weighted by molar-refractivity contribution is 6.30. The molecule has 0 aliphatic heterocycles. The predicted molar refractivity (Wildman–Crippen MR) is 86.1 cm³/mol. The van der Waals surface area contributed by atoms with Gasteiger partial charge in [0.25, 0.3) is 0 Å². The molecular formula is C16H13ClN4O2. The highest BCUT2D eigenvalue weighted by Gasteiger charge is 2.12. The van der Waals surface area contributed by atoms with Crippen molar-refractivity contribution in [3.05, 3.63) is 59.0 Å². The molecule has 0 saturated heterocycles. The van der Waals surface area contributed by atoms with Gasteiger partial charge in [-0.2, -0.15) is 0 Å². The Kier molecular flexibility index (Phi) is 4.34. The fraction of sp³-hybridized carbons (Fsp3) is 0.125. The molecule has 7 heteroatoms. The molecule has 0 saturated carbocycles. The van der Waals surface area contributed by atoms with Crippen LogP contribution in [0.2, 0.25) is 5.02 Å². The van der Waals surface area contributed by atoms with Crippen LogP contribution in [0.5, 0.6) is 0 Å². The molecule has 0 spiro atoms. The van der Waals surface area contributed by atoms with Gasteiger partial charge in [-0.05, 0) is 37.3 Å². The molecule has 2 heterocycles. The molecule has 0 aliphatic carbocycles. The van der Waals surface area contributed by atoms with Gasteiger partial charge in [-0.1, -0.05) is 16.8 Å². The zero-order chi connectivity index (χ0) is 16.2. The van der Waals surface area contributed by atoms with Gasteiger partial charge in [0.1, 0.15) is 0 Å². The second kappa shape index (κ2) is 6.58. The van der Waals surface area contributed by atoms with Crippen LogP contribution in [-0.4, -0.2) is 21.0 Å². The molecule has 3 rings (SSSR count). The van der Waals surface area contributed by atoms with Gasteiger partial charge in [0.05, 0.1) is 12.1 Å². The second-order valence-corrected chi connectivity index (χ2v) is 5.37. The first-order valence-corrected chi connectivity index (χ1v) is 7.29. The molecule has 0 bridgehead atoms. The number of nitrogens with zero attached hydrogens (tertiary/aromatic N) is 3. The lowest BCUT2D eigenvalue weighted by Gasteiger charge is -2.01. The Labute approximate surface area is 137 Å². The number of aryl methyl sites for hydroxylation is 1. The molecule has 0 unspecified atom stereocenters. The molecule has 116 valence electrons. The average molecular weight is 329 g/mol. The van der Waals surface area contributed by atoms with E-state index >= 15 is 0 Å². The maximum Gasteiger partial charge on any atom is 0.232 e. The Hall–Kier alpha value is -2.73. The molecule has 0 aliphatic rings. The fourth-order valence-corrected chi connectivity index (χ4v) is 2.11. The van der Waals surface area contributed by atoms with E-state index in [1.807, 2.05) is 19.1 Å². The van der Waals surface area contributed by atoms with Crippen molar-refractivity contribution in [2.24, 2.45) is 0 Å². The van der Waals surface area contributed by atoms with Gasteiger partial charge in [0.15, 0.2) is 5.76 Å². The minimum Gasteiger partial charge on any atom is -0.356 e. The molecule has 23 heavy (non-hydrogen) atoms. The number of hydrogen-bond donors (Lipinski definition) is 1. The molecular weight excluding hydrogens is 316 g/mol. The first kappa shape index (κ1) is 15.2. The number of nitrogens with one attached hydrogen (secondary N) is 1. The van der Waals surface area contributed by atoms with E-state index in [0.29, 0.717) is 16.5 Å². The van der Waals surface area contributed by atoms with Crippen LogP contribution in [0.25, 0.3) is 11.3 Å². The summed E-state index contributed by atoms with van der Waals surface area (Å²) in [5, 5.41) is 7.18. The van der Waals surface area contributed by atoms with E-state index in [1.54, 1.807) is 30.5 Å². The predicted octanol–water partition coefficient (Wildman–Crippen LogP) is 3.27. The summed E-state index contributed by atoms with van der Waals surface area (Å²) in [5.74, 6) is 0.597. The van der Waals surface area contributed by atoms with Crippen LogP contribution in [0.4, 0.5) is 5.95 Å². The van der Waals surface area contributed by atoms with Crippen LogP contribution in [0, 0.1) is 6.92 Å². The summed E-state index contributed by atoms with van der Waals surface area (Å²) in [6.45, 7) is 1.83. The highest BCUT2D eigenvalue weighted by Crippen LogP contribution is 2.22. The maximum absolute atomic E-state index is 12.0. The van der Waals surface area contributed by atoms with E-state index in [2.05, 4.69) is 20.4 Å². The number of hydrogen-bond acceptors (Lipinski definition) is 5. The van der Waals surface area contributed by atoms with Crippen molar-refractivity contribution in [1.82, 2.24) is 15.1 Å². The summed E-state index contributed by atoms with van der Waals surface area (Å²) in [7, 11) is 0. The molecule has 0 fully saturated rings. The normalized spacial score (nSPS) is 10.5. The number of halogens is 1. The largest absolute Gasteiger partial charge is 0.356 e. The molecule has 0 atom stereocenters. The second-order valence-electron chi connectivity index (χ2n) is 4.94. The van der Waals surface area contributed by atoms with E-state index in [4.69, 9.17) is 16.1 Å². The third-order valence-electron chi connectivity index (χ3n) is 3.08. The lowest BCUT2D eigenvalue weighted by Crippen LogP contribution is -2.16. The van der Waals surface area contributed by atoms with Crippen molar-refractivity contribution < 1.29 is 9.32 Å². The Morgan fingerprint density at radius 3 is 2.78 bits per heavy atom. The van der Waals surface area contributed by atoms with Crippen LogP contribution < -0.4 is 5.32 Å². The lowest BCUT2D eigenvalue weighted by atomic mass is 10.1. The first-order valence-electron chi connectivity index (χ1n) is 6.91. The van der Waals surface area contributed by atoms with Gasteiger partial charge in [-0.15, -0.1) is 0 Å². The third-order valence-corrected chi connectivity index (χ3v) is 3.33. The summed E-state index contributed by atoms with van der Waals surface area (Å²) in [6, 6.07) is 10.7. The Morgan fingerprint density at radius 1 is 1.26 bits per heavy atom. The molecule has 3 aromatic rings. The zero-order valence-corrected chi connectivity index (χ0v) is 13.0. The van der Waals surface area contributed by atoms with Gasteiger partial charge in [-0.3, -0.25) is 10.1 Å². The molecule has 1 aromatic carbocycles. The van der Waals surface area contributed by atoms with Crippen LogP contribution in [0.3, 0.4) is 0 Å². The fourth-order valence-electron chi connectivity index (χ4n) is 1.99. The summed E-state index contributed by atoms with van der Waals surface area (Å²) in [4.78, 5) is 20.1. The number of amides is 1. The molecule has 1 N–H and O–H groups in total.